The molecule has 3 rings (SSSR count). The summed E-state index contributed by atoms with van der Waals surface area (Å²) in [6, 6.07) is 12.9. The maximum absolute atomic E-state index is 12.7. The normalized spacial score (nSPS) is 17.3. The molecule has 0 unspecified atom stereocenters. The van der Waals surface area contributed by atoms with Crippen LogP contribution in [0.5, 0.6) is 5.75 Å². The molecule has 0 radical (unpaired) electrons. The quantitative estimate of drug-likeness (QED) is 0.642. The van der Waals surface area contributed by atoms with Gasteiger partial charge in [-0.25, -0.2) is 0 Å². The van der Waals surface area contributed by atoms with Crippen LogP contribution in [0.25, 0.3) is 0 Å². The highest BCUT2D eigenvalue weighted by molar-refractivity contribution is 5.91. The van der Waals surface area contributed by atoms with Crippen molar-refractivity contribution in [3.05, 3.63) is 65.1 Å². The van der Waals surface area contributed by atoms with Gasteiger partial charge in [-0.1, -0.05) is 18.2 Å². The Labute approximate surface area is 135 Å². The molecule has 1 saturated heterocycles. The summed E-state index contributed by atoms with van der Waals surface area (Å²) in [5, 5.41) is 11.8. The van der Waals surface area contributed by atoms with Crippen LogP contribution in [0.2, 0.25) is 0 Å². The van der Waals surface area contributed by atoms with Gasteiger partial charge in [0, 0.05) is 24.7 Å². The Morgan fingerprint density at radius 1 is 1.30 bits per heavy atom. The van der Waals surface area contributed by atoms with Crippen molar-refractivity contribution in [3.63, 3.8) is 0 Å². The fourth-order valence-corrected chi connectivity index (χ4v) is 3.18. The average Bonchev–Trinajstić information content (AvgIpc) is 3.03. The third-order valence-electron chi connectivity index (χ3n) is 4.33. The molecule has 5 heteroatoms. The molecule has 0 bridgehead atoms. The maximum atomic E-state index is 12.7. The molecule has 1 aliphatic rings. The van der Waals surface area contributed by atoms with Crippen LogP contribution >= 0.6 is 0 Å². The number of carbonyl (C=O) groups is 1. The number of hydrogen-bond donors (Lipinski definition) is 0. The van der Waals surface area contributed by atoms with Gasteiger partial charge in [-0.3, -0.25) is 4.79 Å². The highest BCUT2D eigenvalue weighted by Crippen LogP contribution is 2.26. The van der Waals surface area contributed by atoms with Gasteiger partial charge in [-0.05, 0) is 37.0 Å². The van der Waals surface area contributed by atoms with Crippen molar-refractivity contribution in [1.29, 1.82) is 0 Å². The van der Waals surface area contributed by atoms with Crippen molar-refractivity contribution >= 4 is 5.91 Å². The number of carbonyl (C=O) groups excluding carboxylic acids is 1. The topological polar surface area (TPSA) is 56.5 Å². The molecule has 1 aliphatic heterocycles. The lowest BCUT2D eigenvalue weighted by atomic mass is 10.0. The minimum Gasteiger partial charge on any atom is -0.618 e. The molecule has 120 valence electrons. The van der Waals surface area contributed by atoms with Crippen LogP contribution in [-0.4, -0.2) is 30.5 Å². The average molecular weight is 312 g/mol. The van der Waals surface area contributed by atoms with E-state index in [1.54, 1.807) is 25.3 Å². The molecule has 1 amide bonds. The van der Waals surface area contributed by atoms with Crippen molar-refractivity contribution in [2.75, 3.05) is 13.7 Å². The minimum atomic E-state index is -0.196. The first-order chi connectivity index (χ1) is 11.2. The molecule has 1 aromatic carbocycles. The number of rotatable bonds is 4. The number of amides is 1. The molecule has 1 atom stereocenters. The Bertz CT molecular complexity index is 702. The van der Waals surface area contributed by atoms with E-state index in [0.717, 1.165) is 30.6 Å². The number of para-hydroxylation sites is 1. The Morgan fingerprint density at radius 2 is 2.09 bits per heavy atom. The lowest BCUT2D eigenvalue weighted by molar-refractivity contribution is -0.608. The first kappa shape index (κ1) is 15.3. The molecule has 0 saturated carbocycles. The number of ether oxygens (including phenoxy) is 1. The zero-order valence-electron chi connectivity index (χ0n) is 13.1. The van der Waals surface area contributed by atoms with Gasteiger partial charge in [0.15, 0.2) is 6.20 Å². The van der Waals surface area contributed by atoms with Crippen LogP contribution in [0, 0.1) is 5.21 Å². The lowest BCUT2D eigenvalue weighted by Gasteiger charge is -2.24. The maximum Gasteiger partial charge on any atom is 0.320 e. The number of methoxy groups -OCH3 is 1. The number of nitrogens with zero attached hydrogens (tertiary/aromatic N) is 2. The molecule has 0 aliphatic carbocycles. The zero-order chi connectivity index (χ0) is 16.2. The molecule has 2 heterocycles. The summed E-state index contributed by atoms with van der Waals surface area (Å²) in [5.74, 6) is 0.642. The number of pyridine rings is 1. The molecule has 0 spiro atoms. The van der Waals surface area contributed by atoms with Gasteiger partial charge in [0.2, 0.25) is 0 Å². The van der Waals surface area contributed by atoms with Crippen molar-refractivity contribution in [3.8, 4) is 5.75 Å². The highest BCUT2D eigenvalue weighted by Gasteiger charge is 2.33. The largest absolute Gasteiger partial charge is 0.618 e. The van der Waals surface area contributed by atoms with Gasteiger partial charge in [-0.15, -0.1) is 0 Å². The summed E-state index contributed by atoms with van der Waals surface area (Å²) in [6.07, 6.45) is 3.99. The second-order valence-corrected chi connectivity index (χ2v) is 5.72. The molecule has 1 fully saturated rings. The number of aromatic nitrogens is 1. The van der Waals surface area contributed by atoms with Crippen molar-refractivity contribution < 1.29 is 14.3 Å². The second kappa shape index (κ2) is 6.69. The number of benzene rings is 1. The molecule has 5 nitrogen and oxygen atoms in total. The van der Waals surface area contributed by atoms with Gasteiger partial charge in [-0.2, -0.15) is 4.73 Å². The summed E-state index contributed by atoms with van der Waals surface area (Å²) in [5.41, 5.74) is 1.27. The fourth-order valence-electron chi connectivity index (χ4n) is 3.18. The van der Waals surface area contributed by atoms with Crippen molar-refractivity contribution in [1.82, 2.24) is 4.90 Å². The predicted molar refractivity (Wildman–Crippen MR) is 86.2 cm³/mol. The van der Waals surface area contributed by atoms with Crippen molar-refractivity contribution in [2.45, 2.75) is 25.3 Å². The molecular formula is C18H20N2O3. The van der Waals surface area contributed by atoms with Gasteiger partial charge in [0.1, 0.15) is 5.75 Å². The summed E-state index contributed by atoms with van der Waals surface area (Å²) in [4.78, 5) is 14.5. The van der Waals surface area contributed by atoms with Crippen LogP contribution in [0.1, 0.15) is 28.9 Å². The summed E-state index contributed by atoms with van der Waals surface area (Å²) < 4.78 is 6.04. The van der Waals surface area contributed by atoms with E-state index in [1.807, 2.05) is 29.2 Å². The fraction of sp³-hybridized carbons (Fsp3) is 0.333. The predicted octanol–water partition coefficient (Wildman–Crippen LogP) is 2.18. The molecular weight excluding hydrogens is 292 g/mol. The Hall–Kier alpha value is -2.56. The third-order valence-corrected chi connectivity index (χ3v) is 4.33. The van der Waals surface area contributed by atoms with E-state index >= 15 is 0 Å². The van der Waals surface area contributed by atoms with E-state index in [9.17, 15) is 10.0 Å². The van der Waals surface area contributed by atoms with E-state index in [4.69, 9.17) is 4.74 Å². The van der Waals surface area contributed by atoms with E-state index in [2.05, 4.69) is 0 Å². The van der Waals surface area contributed by atoms with E-state index < -0.39 is 0 Å². The van der Waals surface area contributed by atoms with Gasteiger partial charge in [0.05, 0.1) is 7.11 Å². The third kappa shape index (κ3) is 3.13. The van der Waals surface area contributed by atoms with Crippen LogP contribution in [0.3, 0.4) is 0 Å². The second-order valence-electron chi connectivity index (χ2n) is 5.72. The number of likely N-dealkylation sites (tertiary alicyclic amines) is 1. The van der Waals surface area contributed by atoms with E-state index in [-0.39, 0.29) is 17.6 Å². The van der Waals surface area contributed by atoms with Gasteiger partial charge >= 0.3 is 5.91 Å². The summed E-state index contributed by atoms with van der Waals surface area (Å²) in [7, 11) is 1.65. The molecule has 1 aromatic heterocycles. The molecule has 2 aromatic rings. The highest BCUT2D eigenvalue weighted by atomic mass is 16.5. The van der Waals surface area contributed by atoms with Crippen molar-refractivity contribution in [2.24, 2.45) is 0 Å². The standard InChI is InChI=1S/C18H20N2O3/c1-23-17-10-3-2-7-14(17)13-15-8-6-11-19(15)18(21)16-9-4-5-12-20(16)22/h2-5,7,9-10,12,15H,6,8,11,13H2,1H3/t15-/m0/s1. The van der Waals surface area contributed by atoms with Gasteiger partial charge < -0.3 is 14.8 Å². The van der Waals surface area contributed by atoms with Crippen LogP contribution in [0.4, 0.5) is 0 Å². The smallest absolute Gasteiger partial charge is 0.320 e. The minimum absolute atomic E-state index is 0.0963. The lowest BCUT2D eigenvalue weighted by Crippen LogP contribution is -2.44. The summed E-state index contributed by atoms with van der Waals surface area (Å²) >= 11 is 0. The first-order valence-electron chi connectivity index (χ1n) is 7.81. The van der Waals surface area contributed by atoms with Crippen LogP contribution in [-0.2, 0) is 6.42 Å². The van der Waals surface area contributed by atoms with E-state index in [0.29, 0.717) is 11.3 Å². The Kier molecular flexibility index (Phi) is 4.46. The SMILES string of the molecule is COc1ccccc1C[C@@H]1CCCN1C(=O)c1cccc[n+]1[O-]. The Balaban J connectivity index is 1.80. The molecule has 23 heavy (non-hydrogen) atoms. The summed E-state index contributed by atoms with van der Waals surface area (Å²) in [6.45, 7) is 0.688. The van der Waals surface area contributed by atoms with E-state index in [1.165, 1.54) is 6.20 Å². The Morgan fingerprint density at radius 3 is 2.87 bits per heavy atom. The number of hydrogen-bond acceptors (Lipinski definition) is 3. The zero-order valence-corrected chi connectivity index (χ0v) is 13.1. The van der Waals surface area contributed by atoms with Crippen LogP contribution in [0.15, 0.2) is 48.7 Å². The molecule has 0 N–H and O–H groups in total. The van der Waals surface area contributed by atoms with Gasteiger partial charge in [0.25, 0.3) is 5.69 Å². The first-order valence-corrected chi connectivity index (χ1v) is 7.81. The van der Waals surface area contributed by atoms with Crippen LogP contribution < -0.4 is 9.47 Å². The monoisotopic (exact) mass is 312 g/mol.